The summed E-state index contributed by atoms with van der Waals surface area (Å²) in [5.41, 5.74) is -0.0805. The van der Waals surface area contributed by atoms with Crippen LogP contribution in [0.1, 0.15) is 29.1 Å². The molecule has 2 aromatic heterocycles. The molecule has 2 rings (SSSR count). The Morgan fingerprint density at radius 1 is 1.40 bits per heavy atom. The largest absolute Gasteiger partial charge is 0.478 e. The van der Waals surface area contributed by atoms with Gasteiger partial charge >= 0.3 is 5.97 Å². The van der Waals surface area contributed by atoms with Crippen molar-refractivity contribution in [1.82, 2.24) is 9.71 Å². The molecule has 106 valence electrons. The summed E-state index contributed by atoms with van der Waals surface area (Å²) in [6.45, 7) is 1.63. The van der Waals surface area contributed by atoms with Crippen LogP contribution in [0.15, 0.2) is 46.2 Å². The Hall–Kier alpha value is -2.19. The molecule has 0 fully saturated rings. The standard InChI is InChI=1S/C12H12N2O5S/c1-8(10-3-2-6-19-10)14-20(17,18)11-5-4-9(7-13-11)12(15)16/h2-8,14H,1H3,(H,15,16)/t8-/m0/s1. The highest BCUT2D eigenvalue weighted by molar-refractivity contribution is 7.89. The number of pyridine rings is 1. The van der Waals surface area contributed by atoms with E-state index in [0.29, 0.717) is 5.76 Å². The highest BCUT2D eigenvalue weighted by atomic mass is 32.2. The SMILES string of the molecule is C[C@H](NS(=O)(=O)c1ccc(C(=O)O)cn1)c1ccco1. The molecule has 0 amide bonds. The van der Waals surface area contributed by atoms with Gasteiger partial charge in [0.15, 0.2) is 5.03 Å². The van der Waals surface area contributed by atoms with Crippen LogP contribution in [0.5, 0.6) is 0 Å². The number of carbonyl (C=O) groups is 1. The van der Waals surface area contributed by atoms with E-state index in [9.17, 15) is 13.2 Å². The fourth-order valence-corrected chi connectivity index (χ4v) is 2.70. The zero-order valence-corrected chi connectivity index (χ0v) is 11.3. The van der Waals surface area contributed by atoms with Crippen LogP contribution < -0.4 is 4.72 Å². The molecule has 0 radical (unpaired) electrons. The highest BCUT2D eigenvalue weighted by Gasteiger charge is 2.21. The van der Waals surface area contributed by atoms with Crippen molar-refractivity contribution in [3.63, 3.8) is 0 Å². The molecule has 0 saturated carbocycles. The first-order valence-corrected chi connectivity index (χ1v) is 7.13. The molecule has 7 nitrogen and oxygen atoms in total. The maximum Gasteiger partial charge on any atom is 0.337 e. The van der Waals surface area contributed by atoms with Crippen LogP contribution >= 0.6 is 0 Å². The minimum absolute atomic E-state index is 0.0805. The van der Waals surface area contributed by atoms with E-state index in [-0.39, 0.29) is 10.6 Å². The molecule has 20 heavy (non-hydrogen) atoms. The Balaban J connectivity index is 2.20. The Bertz CT molecular complexity index is 692. The van der Waals surface area contributed by atoms with Crippen molar-refractivity contribution in [3.8, 4) is 0 Å². The normalized spacial score (nSPS) is 13.1. The molecule has 0 aliphatic rings. The van der Waals surface area contributed by atoms with Crippen molar-refractivity contribution < 1.29 is 22.7 Å². The van der Waals surface area contributed by atoms with Gasteiger partial charge in [0.2, 0.25) is 0 Å². The van der Waals surface area contributed by atoms with Gasteiger partial charge in [-0.05, 0) is 31.2 Å². The number of nitrogens with one attached hydrogen (secondary N) is 1. The molecule has 8 heteroatoms. The summed E-state index contributed by atoms with van der Waals surface area (Å²) in [4.78, 5) is 14.3. The molecule has 0 saturated heterocycles. The third-order valence-corrected chi connectivity index (χ3v) is 4.02. The number of furan rings is 1. The number of hydrogen-bond acceptors (Lipinski definition) is 5. The lowest BCUT2D eigenvalue weighted by Gasteiger charge is -2.11. The highest BCUT2D eigenvalue weighted by Crippen LogP contribution is 2.16. The Kier molecular flexibility index (Phi) is 3.86. The topological polar surface area (TPSA) is 110 Å². The monoisotopic (exact) mass is 296 g/mol. The second-order valence-electron chi connectivity index (χ2n) is 4.05. The van der Waals surface area contributed by atoms with Gasteiger partial charge in [0.05, 0.1) is 17.9 Å². The van der Waals surface area contributed by atoms with E-state index in [1.165, 1.54) is 12.3 Å². The number of hydrogen-bond donors (Lipinski definition) is 2. The summed E-state index contributed by atoms with van der Waals surface area (Å²) in [6, 6.07) is 5.06. The van der Waals surface area contributed by atoms with Crippen LogP contribution in [-0.4, -0.2) is 24.5 Å². The maximum atomic E-state index is 12.1. The van der Waals surface area contributed by atoms with Crippen molar-refractivity contribution >= 4 is 16.0 Å². The molecule has 0 aliphatic heterocycles. The molecule has 0 aliphatic carbocycles. The van der Waals surface area contributed by atoms with Gasteiger partial charge in [0.25, 0.3) is 10.0 Å². The number of aromatic nitrogens is 1. The van der Waals surface area contributed by atoms with Gasteiger partial charge in [-0.2, -0.15) is 4.72 Å². The lowest BCUT2D eigenvalue weighted by molar-refractivity contribution is 0.0696. The Labute approximate surface area is 115 Å². The first-order valence-electron chi connectivity index (χ1n) is 5.65. The second kappa shape index (κ2) is 5.43. The van der Waals surface area contributed by atoms with E-state index in [2.05, 4.69) is 9.71 Å². The van der Waals surface area contributed by atoms with E-state index < -0.39 is 22.0 Å². The summed E-state index contributed by atoms with van der Waals surface area (Å²) in [7, 11) is -3.84. The number of nitrogens with zero attached hydrogens (tertiary/aromatic N) is 1. The van der Waals surface area contributed by atoms with E-state index in [0.717, 1.165) is 12.3 Å². The molecule has 2 aromatic rings. The Morgan fingerprint density at radius 3 is 2.65 bits per heavy atom. The summed E-state index contributed by atoms with van der Waals surface area (Å²) in [6.07, 6.45) is 2.44. The first kappa shape index (κ1) is 14.2. The average Bonchev–Trinajstić information content (AvgIpc) is 2.92. The van der Waals surface area contributed by atoms with Crippen LogP contribution in [0.3, 0.4) is 0 Å². The number of sulfonamides is 1. The van der Waals surface area contributed by atoms with Crippen LogP contribution in [0.2, 0.25) is 0 Å². The maximum absolute atomic E-state index is 12.1. The molecule has 0 unspecified atom stereocenters. The van der Waals surface area contributed by atoms with Crippen molar-refractivity contribution in [2.24, 2.45) is 0 Å². The minimum Gasteiger partial charge on any atom is -0.478 e. The number of rotatable bonds is 5. The fourth-order valence-electron chi connectivity index (χ4n) is 1.55. The summed E-state index contributed by atoms with van der Waals surface area (Å²) in [5, 5.41) is 8.48. The van der Waals surface area contributed by atoms with Crippen molar-refractivity contribution in [2.45, 2.75) is 18.0 Å². The quantitative estimate of drug-likeness (QED) is 0.863. The van der Waals surface area contributed by atoms with E-state index in [4.69, 9.17) is 9.52 Å². The lowest BCUT2D eigenvalue weighted by atomic mass is 10.3. The second-order valence-corrected chi connectivity index (χ2v) is 5.71. The average molecular weight is 296 g/mol. The molecule has 2 heterocycles. The minimum atomic E-state index is -3.84. The molecule has 1 atom stereocenters. The zero-order valence-electron chi connectivity index (χ0n) is 10.5. The molecule has 0 bridgehead atoms. The molecule has 2 N–H and O–H groups in total. The third kappa shape index (κ3) is 3.03. The van der Waals surface area contributed by atoms with Gasteiger partial charge < -0.3 is 9.52 Å². The number of aromatic carboxylic acids is 1. The summed E-state index contributed by atoms with van der Waals surface area (Å²) >= 11 is 0. The summed E-state index contributed by atoms with van der Waals surface area (Å²) in [5.74, 6) is -0.700. The Morgan fingerprint density at radius 2 is 2.15 bits per heavy atom. The first-order chi connectivity index (χ1) is 9.40. The van der Waals surface area contributed by atoms with Gasteiger partial charge in [-0.15, -0.1) is 0 Å². The van der Waals surface area contributed by atoms with Crippen molar-refractivity contribution in [1.29, 1.82) is 0 Å². The molecular weight excluding hydrogens is 284 g/mol. The number of carboxylic acid groups (broad SMARTS) is 1. The van der Waals surface area contributed by atoms with Gasteiger partial charge in [-0.3, -0.25) is 0 Å². The lowest BCUT2D eigenvalue weighted by Crippen LogP contribution is -2.27. The van der Waals surface area contributed by atoms with Gasteiger partial charge in [0.1, 0.15) is 5.76 Å². The predicted octanol–water partition coefficient (Wildman–Crippen LogP) is 1.41. The van der Waals surface area contributed by atoms with E-state index in [1.807, 2.05) is 0 Å². The zero-order chi connectivity index (χ0) is 14.8. The van der Waals surface area contributed by atoms with Crippen LogP contribution in [0.4, 0.5) is 0 Å². The van der Waals surface area contributed by atoms with Crippen LogP contribution in [0.25, 0.3) is 0 Å². The van der Waals surface area contributed by atoms with E-state index in [1.54, 1.807) is 19.1 Å². The smallest absolute Gasteiger partial charge is 0.337 e. The predicted molar refractivity (Wildman–Crippen MR) is 68.6 cm³/mol. The number of carboxylic acids is 1. The molecular formula is C12H12N2O5S. The molecule has 0 aromatic carbocycles. The van der Waals surface area contributed by atoms with Gasteiger partial charge in [-0.25, -0.2) is 18.2 Å². The van der Waals surface area contributed by atoms with Gasteiger partial charge in [0, 0.05) is 6.20 Å². The third-order valence-electron chi connectivity index (χ3n) is 2.56. The van der Waals surface area contributed by atoms with E-state index >= 15 is 0 Å². The van der Waals surface area contributed by atoms with Crippen LogP contribution in [-0.2, 0) is 10.0 Å². The van der Waals surface area contributed by atoms with Crippen LogP contribution in [0, 0.1) is 0 Å². The fraction of sp³-hybridized carbons (Fsp3) is 0.167. The van der Waals surface area contributed by atoms with Crippen molar-refractivity contribution in [2.75, 3.05) is 0 Å². The van der Waals surface area contributed by atoms with Gasteiger partial charge in [-0.1, -0.05) is 0 Å². The summed E-state index contributed by atoms with van der Waals surface area (Å²) < 4.78 is 31.6. The van der Waals surface area contributed by atoms with Crippen molar-refractivity contribution in [3.05, 3.63) is 48.0 Å². The molecule has 0 spiro atoms.